The molecule has 0 N–H and O–H groups in total. The van der Waals surface area contributed by atoms with Gasteiger partial charge in [0.2, 0.25) is 0 Å². The van der Waals surface area contributed by atoms with Crippen LogP contribution in [0.2, 0.25) is 5.02 Å². The molecule has 4 rings (SSSR count). The molecule has 1 heterocycles. The predicted octanol–water partition coefficient (Wildman–Crippen LogP) is 6.17. The second-order valence-corrected chi connectivity index (χ2v) is 8.48. The molecule has 0 spiro atoms. The zero-order chi connectivity index (χ0) is 21.4. The lowest BCUT2D eigenvalue weighted by Gasteiger charge is -2.16. The van der Waals surface area contributed by atoms with Gasteiger partial charge in [-0.2, -0.15) is 0 Å². The second-order valence-electron chi connectivity index (χ2n) is 6.96. The Balaban J connectivity index is 1.86. The molecule has 0 unspecified atom stereocenters. The Kier molecular flexibility index (Phi) is 5.50. The number of carbonyl (C=O) groups excluding carboxylic acids is 2. The zero-order valence-electron chi connectivity index (χ0n) is 16.3. The number of hydrogen-bond donors (Lipinski definition) is 0. The lowest BCUT2D eigenvalue weighted by Crippen LogP contribution is -2.32. The lowest BCUT2D eigenvalue weighted by atomic mass is 10.0. The predicted molar refractivity (Wildman–Crippen MR) is 119 cm³/mol. The highest BCUT2D eigenvalue weighted by Crippen LogP contribution is 2.42. The molecule has 0 aromatic heterocycles. The number of nitrogens with zero attached hydrogens (tertiary/aromatic N) is 1. The number of amides is 2. The zero-order valence-corrected chi connectivity index (χ0v) is 17.9. The number of thioether (sulfide) groups is 1. The Morgan fingerprint density at radius 1 is 0.867 bits per heavy atom. The van der Waals surface area contributed by atoms with Gasteiger partial charge in [0, 0.05) is 9.92 Å². The average molecular weight is 438 g/mol. The van der Waals surface area contributed by atoms with Crippen LogP contribution in [0.25, 0.3) is 5.57 Å². The molecule has 0 saturated carbocycles. The Hall–Kier alpha value is -2.89. The summed E-state index contributed by atoms with van der Waals surface area (Å²) >= 11 is 7.14. The van der Waals surface area contributed by atoms with E-state index in [-0.39, 0.29) is 16.2 Å². The van der Waals surface area contributed by atoms with Crippen LogP contribution in [-0.4, -0.2) is 11.8 Å². The fourth-order valence-electron chi connectivity index (χ4n) is 3.23. The van der Waals surface area contributed by atoms with Crippen LogP contribution in [0.5, 0.6) is 0 Å². The van der Waals surface area contributed by atoms with Crippen molar-refractivity contribution in [1.82, 2.24) is 0 Å². The van der Waals surface area contributed by atoms with E-state index in [9.17, 15) is 14.0 Å². The molecule has 0 aliphatic carbocycles. The molecule has 1 aliphatic rings. The highest BCUT2D eigenvalue weighted by atomic mass is 35.5. The van der Waals surface area contributed by atoms with Gasteiger partial charge in [0.25, 0.3) is 11.8 Å². The molecule has 0 radical (unpaired) electrons. The van der Waals surface area contributed by atoms with Crippen LogP contribution in [0.15, 0.2) is 76.5 Å². The van der Waals surface area contributed by atoms with E-state index < -0.39 is 17.6 Å². The number of carbonyl (C=O) groups is 2. The summed E-state index contributed by atoms with van der Waals surface area (Å²) < 4.78 is 14.4. The topological polar surface area (TPSA) is 37.4 Å². The van der Waals surface area contributed by atoms with Crippen molar-refractivity contribution in [2.24, 2.45) is 0 Å². The van der Waals surface area contributed by atoms with E-state index in [4.69, 9.17) is 11.6 Å². The first-order valence-electron chi connectivity index (χ1n) is 9.25. The van der Waals surface area contributed by atoms with Gasteiger partial charge in [-0.05, 0) is 66.9 Å². The first-order valence-corrected chi connectivity index (χ1v) is 10.4. The Labute approximate surface area is 183 Å². The monoisotopic (exact) mass is 437 g/mol. The molecule has 2 amide bonds. The lowest BCUT2D eigenvalue weighted by molar-refractivity contribution is -0.119. The third kappa shape index (κ3) is 3.66. The van der Waals surface area contributed by atoms with Crippen LogP contribution >= 0.6 is 23.4 Å². The van der Waals surface area contributed by atoms with Crippen LogP contribution in [0.4, 0.5) is 10.1 Å². The number of benzene rings is 3. The Morgan fingerprint density at radius 2 is 1.57 bits per heavy atom. The van der Waals surface area contributed by atoms with Crippen molar-refractivity contribution in [3.63, 3.8) is 0 Å². The normalized spacial score (nSPS) is 14.1. The third-order valence-corrected chi connectivity index (χ3v) is 6.31. The molecule has 0 fully saturated rings. The minimum atomic E-state index is -0.628. The van der Waals surface area contributed by atoms with Crippen molar-refractivity contribution in [3.05, 3.63) is 99.2 Å². The Bertz CT molecular complexity index is 1200. The summed E-state index contributed by atoms with van der Waals surface area (Å²) in [6, 6.07) is 18.4. The molecule has 6 heteroatoms. The minimum Gasteiger partial charge on any atom is -0.268 e. The van der Waals surface area contributed by atoms with E-state index in [1.165, 1.54) is 30.0 Å². The number of para-hydroxylation sites is 1. The van der Waals surface area contributed by atoms with Crippen LogP contribution in [0.1, 0.15) is 16.7 Å². The molecule has 3 aromatic rings. The van der Waals surface area contributed by atoms with Gasteiger partial charge in [-0.25, -0.2) is 9.29 Å². The summed E-state index contributed by atoms with van der Waals surface area (Å²) in [5, 5.41) is 0.574. The van der Waals surface area contributed by atoms with E-state index in [0.29, 0.717) is 10.6 Å². The van der Waals surface area contributed by atoms with Gasteiger partial charge in [-0.1, -0.05) is 53.7 Å². The van der Waals surface area contributed by atoms with E-state index in [1.54, 1.807) is 30.3 Å². The number of anilines is 1. The number of rotatable bonds is 4. The van der Waals surface area contributed by atoms with Gasteiger partial charge in [0.05, 0.1) is 16.2 Å². The molecule has 150 valence electrons. The van der Waals surface area contributed by atoms with Crippen molar-refractivity contribution in [2.45, 2.75) is 18.7 Å². The first kappa shape index (κ1) is 20.4. The molecule has 3 nitrogen and oxygen atoms in total. The van der Waals surface area contributed by atoms with Gasteiger partial charge < -0.3 is 0 Å². The number of hydrogen-bond acceptors (Lipinski definition) is 3. The van der Waals surface area contributed by atoms with Crippen molar-refractivity contribution in [2.75, 3.05) is 4.90 Å². The highest BCUT2D eigenvalue weighted by molar-refractivity contribution is 8.04. The molecule has 1 aliphatic heterocycles. The standard InChI is InChI=1S/C24H17ClFNO2S/c1-14-7-8-16(13-15(14)2)21-22(30-18-11-9-17(25)10-12-18)24(29)27(23(21)28)20-6-4-3-5-19(20)26/h3-13H,1-2H3. The van der Waals surface area contributed by atoms with E-state index >= 15 is 0 Å². The smallest absolute Gasteiger partial charge is 0.268 e. The number of imide groups is 1. The van der Waals surface area contributed by atoms with Gasteiger partial charge in [-0.15, -0.1) is 0 Å². The van der Waals surface area contributed by atoms with Crippen LogP contribution in [0, 0.1) is 19.7 Å². The number of aryl methyl sites for hydroxylation is 2. The van der Waals surface area contributed by atoms with E-state index in [2.05, 4.69) is 0 Å². The van der Waals surface area contributed by atoms with Gasteiger partial charge >= 0.3 is 0 Å². The fourth-order valence-corrected chi connectivity index (χ4v) is 4.35. The molecule has 3 aromatic carbocycles. The fraction of sp³-hybridized carbons (Fsp3) is 0.0833. The quantitative estimate of drug-likeness (QED) is 0.458. The molecule has 30 heavy (non-hydrogen) atoms. The summed E-state index contributed by atoms with van der Waals surface area (Å²) in [6.45, 7) is 3.92. The van der Waals surface area contributed by atoms with Gasteiger partial charge in [0.15, 0.2) is 0 Å². The SMILES string of the molecule is Cc1ccc(C2=C(Sc3ccc(Cl)cc3)C(=O)N(c3ccccc3F)C2=O)cc1C. The van der Waals surface area contributed by atoms with E-state index in [1.807, 2.05) is 32.0 Å². The van der Waals surface area contributed by atoms with E-state index in [0.717, 1.165) is 20.9 Å². The average Bonchev–Trinajstić information content (AvgIpc) is 2.96. The summed E-state index contributed by atoms with van der Waals surface area (Å²) in [7, 11) is 0. The molecule has 0 bridgehead atoms. The summed E-state index contributed by atoms with van der Waals surface area (Å²) in [6.07, 6.45) is 0. The van der Waals surface area contributed by atoms with Crippen molar-refractivity contribution < 1.29 is 14.0 Å². The molecule has 0 saturated heterocycles. The maximum atomic E-state index is 14.4. The third-order valence-electron chi connectivity index (χ3n) is 4.96. The van der Waals surface area contributed by atoms with Crippen LogP contribution in [0.3, 0.4) is 0 Å². The van der Waals surface area contributed by atoms with Crippen LogP contribution < -0.4 is 4.90 Å². The maximum Gasteiger partial charge on any atom is 0.273 e. The summed E-state index contributed by atoms with van der Waals surface area (Å²) in [4.78, 5) is 28.6. The summed E-state index contributed by atoms with van der Waals surface area (Å²) in [5.41, 5.74) is 2.92. The van der Waals surface area contributed by atoms with Crippen molar-refractivity contribution >= 4 is 46.4 Å². The van der Waals surface area contributed by atoms with Crippen molar-refractivity contribution in [1.29, 1.82) is 0 Å². The number of halogens is 2. The molecular formula is C24H17ClFNO2S. The maximum absolute atomic E-state index is 14.4. The van der Waals surface area contributed by atoms with Gasteiger partial charge in [-0.3, -0.25) is 9.59 Å². The highest BCUT2D eigenvalue weighted by Gasteiger charge is 2.41. The molecule has 0 atom stereocenters. The van der Waals surface area contributed by atoms with Gasteiger partial charge in [0.1, 0.15) is 5.82 Å². The minimum absolute atomic E-state index is 0.0551. The van der Waals surface area contributed by atoms with Crippen molar-refractivity contribution in [3.8, 4) is 0 Å². The summed E-state index contributed by atoms with van der Waals surface area (Å²) in [5.74, 6) is -1.71. The Morgan fingerprint density at radius 3 is 2.23 bits per heavy atom. The first-order chi connectivity index (χ1) is 14.4. The molecular weight excluding hydrogens is 421 g/mol. The largest absolute Gasteiger partial charge is 0.273 e. The van der Waals surface area contributed by atoms with Crippen LogP contribution in [-0.2, 0) is 9.59 Å². The second kappa shape index (κ2) is 8.09.